The van der Waals surface area contributed by atoms with Crippen molar-refractivity contribution in [1.29, 1.82) is 0 Å². The third-order valence-corrected chi connectivity index (χ3v) is 3.83. The monoisotopic (exact) mass is 392 g/mol. The summed E-state index contributed by atoms with van der Waals surface area (Å²) in [7, 11) is 0. The van der Waals surface area contributed by atoms with Gasteiger partial charge < -0.3 is 10.1 Å². The smallest absolute Gasteiger partial charge is 0.406 e. The number of nitrogens with zero attached hydrogens (tertiary/aromatic N) is 1. The highest BCUT2D eigenvalue weighted by Gasteiger charge is 2.30. The van der Waals surface area contributed by atoms with Gasteiger partial charge in [-0.15, -0.1) is 13.2 Å². The molecule has 0 unspecified atom stereocenters. The number of aromatic nitrogens is 1. The summed E-state index contributed by atoms with van der Waals surface area (Å²) in [5, 5.41) is 3.10. The van der Waals surface area contributed by atoms with E-state index in [0.29, 0.717) is 22.0 Å². The van der Waals surface area contributed by atoms with Crippen molar-refractivity contribution in [2.75, 3.05) is 5.32 Å². The number of rotatable bonds is 4. The number of hydrogen-bond acceptors (Lipinski definition) is 3. The molecule has 138 valence electrons. The molecule has 0 radical (unpaired) electrons. The van der Waals surface area contributed by atoms with Gasteiger partial charge in [0.2, 0.25) is 0 Å². The highest BCUT2D eigenvalue weighted by Crippen LogP contribution is 2.26. The summed E-state index contributed by atoms with van der Waals surface area (Å²) in [6.07, 6.45) is -3.14. The molecule has 0 spiro atoms. The number of halogens is 4. The maximum atomic E-state index is 12.3. The summed E-state index contributed by atoms with van der Waals surface area (Å²) in [6.45, 7) is 0. The number of amides is 1. The van der Waals surface area contributed by atoms with Gasteiger partial charge in [0.1, 0.15) is 5.75 Å². The van der Waals surface area contributed by atoms with Crippen LogP contribution in [0.25, 0.3) is 11.3 Å². The lowest BCUT2D eigenvalue weighted by atomic mass is 10.1. The topological polar surface area (TPSA) is 51.2 Å². The Hall–Kier alpha value is -3.06. The molecule has 1 aromatic heterocycles. The molecule has 0 atom stereocenters. The van der Waals surface area contributed by atoms with Crippen molar-refractivity contribution < 1.29 is 22.7 Å². The largest absolute Gasteiger partial charge is 0.573 e. The fraction of sp³-hybridized carbons (Fsp3) is 0.0526. The predicted molar refractivity (Wildman–Crippen MR) is 95.8 cm³/mol. The van der Waals surface area contributed by atoms with Crippen molar-refractivity contribution in [3.8, 4) is 17.0 Å². The van der Waals surface area contributed by atoms with Gasteiger partial charge in [-0.05, 0) is 48.5 Å². The van der Waals surface area contributed by atoms with Crippen LogP contribution < -0.4 is 10.1 Å². The number of benzene rings is 2. The van der Waals surface area contributed by atoms with E-state index in [2.05, 4.69) is 15.0 Å². The van der Waals surface area contributed by atoms with E-state index in [4.69, 9.17) is 11.6 Å². The first-order valence-electron chi connectivity index (χ1n) is 7.70. The molecule has 0 saturated carbocycles. The molecule has 3 aromatic rings. The number of ether oxygens (including phenoxy) is 1. The molecule has 3 rings (SSSR count). The second kappa shape index (κ2) is 7.67. The molecule has 0 aliphatic carbocycles. The SMILES string of the molecule is O=C(Nc1ccc(OC(F)(F)F)cc1)c1ccc(-c2ncccc2Cl)cc1. The second-order valence-electron chi connectivity index (χ2n) is 5.44. The molecule has 2 aromatic carbocycles. The van der Waals surface area contributed by atoms with Crippen LogP contribution in [0.1, 0.15) is 10.4 Å². The molecule has 8 heteroatoms. The van der Waals surface area contributed by atoms with Gasteiger partial charge in [-0.2, -0.15) is 0 Å². The van der Waals surface area contributed by atoms with Crippen molar-refractivity contribution in [1.82, 2.24) is 4.98 Å². The van der Waals surface area contributed by atoms with Crippen LogP contribution >= 0.6 is 11.6 Å². The van der Waals surface area contributed by atoms with Crippen molar-refractivity contribution in [3.63, 3.8) is 0 Å². The minimum Gasteiger partial charge on any atom is -0.406 e. The van der Waals surface area contributed by atoms with Crippen LogP contribution in [0, 0.1) is 0 Å². The summed E-state index contributed by atoms with van der Waals surface area (Å²) < 4.78 is 40.2. The van der Waals surface area contributed by atoms with E-state index in [1.54, 1.807) is 42.6 Å². The lowest BCUT2D eigenvalue weighted by Crippen LogP contribution is -2.17. The van der Waals surface area contributed by atoms with Crippen molar-refractivity contribution in [2.45, 2.75) is 6.36 Å². The third-order valence-electron chi connectivity index (χ3n) is 3.52. The minimum absolute atomic E-state index is 0.339. The molecule has 0 aliphatic rings. The Labute approximate surface area is 157 Å². The highest BCUT2D eigenvalue weighted by atomic mass is 35.5. The number of nitrogens with one attached hydrogen (secondary N) is 1. The average molecular weight is 393 g/mol. The Morgan fingerprint density at radius 2 is 1.67 bits per heavy atom. The summed E-state index contributed by atoms with van der Waals surface area (Å²) in [5.74, 6) is -0.768. The molecule has 0 aliphatic heterocycles. The lowest BCUT2D eigenvalue weighted by molar-refractivity contribution is -0.274. The van der Waals surface area contributed by atoms with Crippen molar-refractivity contribution in [2.24, 2.45) is 0 Å². The maximum Gasteiger partial charge on any atom is 0.573 e. The zero-order chi connectivity index (χ0) is 19.4. The van der Waals surface area contributed by atoms with Crippen LogP contribution in [0.3, 0.4) is 0 Å². The summed E-state index contributed by atoms with van der Waals surface area (Å²) in [5.41, 5.74) is 2.07. The predicted octanol–water partition coefficient (Wildman–Crippen LogP) is 5.55. The van der Waals surface area contributed by atoms with Gasteiger partial charge in [-0.1, -0.05) is 23.7 Å². The van der Waals surface area contributed by atoms with E-state index in [0.717, 1.165) is 17.7 Å². The fourth-order valence-electron chi connectivity index (χ4n) is 2.32. The van der Waals surface area contributed by atoms with E-state index < -0.39 is 12.3 Å². The Bertz CT molecular complexity index is 942. The number of anilines is 1. The van der Waals surface area contributed by atoms with Crippen LogP contribution in [-0.4, -0.2) is 17.3 Å². The molecule has 0 bridgehead atoms. The first-order valence-corrected chi connectivity index (χ1v) is 8.08. The van der Waals surface area contributed by atoms with E-state index in [9.17, 15) is 18.0 Å². The number of carbonyl (C=O) groups excluding carboxylic acids is 1. The normalized spacial score (nSPS) is 11.1. The summed E-state index contributed by atoms with van der Waals surface area (Å²) >= 11 is 6.10. The Morgan fingerprint density at radius 3 is 2.26 bits per heavy atom. The maximum absolute atomic E-state index is 12.3. The van der Waals surface area contributed by atoms with Gasteiger partial charge >= 0.3 is 6.36 Å². The van der Waals surface area contributed by atoms with Gasteiger partial charge in [0, 0.05) is 23.0 Å². The Morgan fingerprint density at radius 1 is 1.00 bits per heavy atom. The number of alkyl halides is 3. The molecular formula is C19H12ClF3N2O2. The summed E-state index contributed by atoms with van der Waals surface area (Å²) in [4.78, 5) is 16.5. The van der Waals surface area contributed by atoms with Gasteiger partial charge in [0.25, 0.3) is 5.91 Å². The van der Waals surface area contributed by atoms with Gasteiger partial charge in [0.15, 0.2) is 0 Å². The Balaban J connectivity index is 1.69. The Kier molecular flexibility index (Phi) is 5.32. The average Bonchev–Trinajstić information content (AvgIpc) is 2.63. The van der Waals surface area contributed by atoms with E-state index in [1.165, 1.54) is 12.1 Å². The molecule has 1 amide bonds. The first kappa shape index (κ1) is 18.7. The zero-order valence-electron chi connectivity index (χ0n) is 13.6. The minimum atomic E-state index is -4.76. The molecule has 4 nitrogen and oxygen atoms in total. The molecule has 27 heavy (non-hydrogen) atoms. The first-order chi connectivity index (χ1) is 12.8. The van der Waals surface area contributed by atoms with Gasteiger partial charge in [-0.25, -0.2) is 0 Å². The van der Waals surface area contributed by atoms with E-state index in [1.807, 2.05) is 0 Å². The van der Waals surface area contributed by atoms with Gasteiger partial charge in [0.05, 0.1) is 10.7 Å². The van der Waals surface area contributed by atoms with E-state index >= 15 is 0 Å². The van der Waals surface area contributed by atoms with E-state index in [-0.39, 0.29) is 5.75 Å². The van der Waals surface area contributed by atoms with Gasteiger partial charge in [-0.3, -0.25) is 9.78 Å². The molecule has 1 N–H and O–H groups in total. The number of carbonyl (C=O) groups is 1. The van der Waals surface area contributed by atoms with Crippen LogP contribution in [0.5, 0.6) is 5.75 Å². The molecular weight excluding hydrogens is 381 g/mol. The molecule has 0 fully saturated rings. The summed E-state index contributed by atoms with van der Waals surface area (Å²) in [6, 6.07) is 15.0. The fourth-order valence-corrected chi connectivity index (χ4v) is 2.55. The number of hydrogen-bond donors (Lipinski definition) is 1. The van der Waals surface area contributed by atoms with Crippen molar-refractivity contribution >= 4 is 23.2 Å². The second-order valence-corrected chi connectivity index (χ2v) is 5.84. The molecule has 0 saturated heterocycles. The molecule has 1 heterocycles. The quantitative estimate of drug-likeness (QED) is 0.633. The zero-order valence-corrected chi connectivity index (χ0v) is 14.4. The van der Waals surface area contributed by atoms with Crippen LogP contribution in [0.15, 0.2) is 66.9 Å². The lowest BCUT2D eigenvalue weighted by Gasteiger charge is -2.10. The standard InChI is InChI=1S/C19H12ClF3N2O2/c20-16-2-1-11-24-17(16)12-3-5-13(6-4-12)18(26)25-14-7-9-15(10-8-14)27-19(21,22)23/h1-11H,(H,25,26). The van der Waals surface area contributed by atoms with Crippen molar-refractivity contribution in [3.05, 3.63) is 77.4 Å². The van der Waals surface area contributed by atoms with Crippen LogP contribution in [0.2, 0.25) is 5.02 Å². The van der Waals surface area contributed by atoms with Crippen LogP contribution in [0.4, 0.5) is 18.9 Å². The highest BCUT2D eigenvalue weighted by molar-refractivity contribution is 6.33. The third kappa shape index (κ3) is 4.98. The van der Waals surface area contributed by atoms with Crippen LogP contribution in [-0.2, 0) is 0 Å². The number of pyridine rings is 1.